The van der Waals surface area contributed by atoms with Gasteiger partial charge in [-0.15, -0.1) is 0 Å². The zero-order valence-corrected chi connectivity index (χ0v) is 9.91. The fraction of sp³-hybridized carbons (Fsp3) is 0.154. The van der Waals surface area contributed by atoms with Crippen LogP contribution < -0.4 is 0 Å². The summed E-state index contributed by atoms with van der Waals surface area (Å²) in [7, 11) is 0. The Balaban J connectivity index is 2.29. The first-order chi connectivity index (χ1) is 7.70. The predicted octanol–water partition coefficient (Wildman–Crippen LogP) is 3.54. The molecule has 0 unspecified atom stereocenters. The van der Waals surface area contributed by atoms with Crippen LogP contribution in [0, 0.1) is 6.92 Å². The van der Waals surface area contributed by atoms with Gasteiger partial charge in [-0.25, -0.2) is 4.98 Å². The lowest BCUT2D eigenvalue weighted by Crippen LogP contribution is -2.01. The number of imidazole rings is 1. The maximum atomic E-state index is 6.20. The number of hydrogen-bond donors (Lipinski definition) is 0. The molecule has 1 aromatic heterocycles. The first kappa shape index (κ1) is 11.0. The third-order valence-corrected chi connectivity index (χ3v) is 2.93. The van der Waals surface area contributed by atoms with Crippen LogP contribution in [0.1, 0.15) is 17.0 Å². The van der Waals surface area contributed by atoms with Crippen LogP contribution in [-0.2, 0) is 6.54 Å². The molecule has 0 radical (unpaired) electrons. The van der Waals surface area contributed by atoms with Gasteiger partial charge >= 0.3 is 0 Å². The van der Waals surface area contributed by atoms with Crippen molar-refractivity contribution in [1.29, 1.82) is 0 Å². The Morgan fingerprint density at radius 2 is 2.31 bits per heavy atom. The van der Waals surface area contributed by atoms with E-state index in [1.165, 1.54) is 0 Å². The molecule has 2 rings (SSSR count). The van der Waals surface area contributed by atoms with Crippen LogP contribution in [0.3, 0.4) is 0 Å². The van der Waals surface area contributed by atoms with Gasteiger partial charge in [0.15, 0.2) is 0 Å². The second-order valence-corrected chi connectivity index (χ2v) is 4.06. The van der Waals surface area contributed by atoms with E-state index in [2.05, 4.69) is 16.1 Å². The van der Waals surface area contributed by atoms with E-state index in [1.54, 1.807) is 12.3 Å². The molecule has 3 heteroatoms. The molecule has 0 amide bonds. The summed E-state index contributed by atoms with van der Waals surface area (Å²) in [5.41, 5.74) is 2.13. The third-order valence-electron chi connectivity index (χ3n) is 2.58. The lowest BCUT2D eigenvalue weighted by atomic mass is 10.1. The van der Waals surface area contributed by atoms with Gasteiger partial charge in [0.05, 0.1) is 6.54 Å². The van der Waals surface area contributed by atoms with Crippen molar-refractivity contribution in [2.75, 3.05) is 0 Å². The second kappa shape index (κ2) is 4.54. The van der Waals surface area contributed by atoms with Crippen LogP contribution in [0.15, 0.2) is 37.2 Å². The molecule has 0 fully saturated rings. The third kappa shape index (κ3) is 2.17. The summed E-state index contributed by atoms with van der Waals surface area (Å²) in [6.07, 6.45) is 5.53. The molecule has 1 aromatic carbocycles. The second-order valence-electron chi connectivity index (χ2n) is 3.66. The summed E-state index contributed by atoms with van der Waals surface area (Å²) in [5, 5.41) is 0.769. The maximum absolute atomic E-state index is 6.20. The fourth-order valence-corrected chi connectivity index (χ4v) is 1.82. The summed E-state index contributed by atoms with van der Waals surface area (Å²) < 4.78 is 2.06. The van der Waals surface area contributed by atoms with Crippen LogP contribution in [0.25, 0.3) is 6.08 Å². The van der Waals surface area contributed by atoms with Gasteiger partial charge in [0.1, 0.15) is 5.82 Å². The van der Waals surface area contributed by atoms with E-state index in [1.807, 2.05) is 31.3 Å². The van der Waals surface area contributed by atoms with Gasteiger partial charge in [-0.2, -0.15) is 0 Å². The van der Waals surface area contributed by atoms with Crippen molar-refractivity contribution < 1.29 is 0 Å². The smallest absolute Gasteiger partial charge is 0.105 e. The van der Waals surface area contributed by atoms with Gasteiger partial charge < -0.3 is 4.57 Å². The van der Waals surface area contributed by atoms with Crippen molar-refractivity contribution in [2.24, 2.45) is 0 Å². The Bertz CT molecular complexity index is 514. The van der Waals surface area contributed by atoms with Crippen LogP contribution in [0.4, 0.5) is 0 Å². The Labute approximate surface area is 100 Å². The molecule has 0 atom stereocenters. The van der Waals surface area contributed by atoms with Gasteiger partial charge in [-0.05, 0) is 24.1 Å². The number of benzene rings is 1. The molecule has 2 nitrogen and oxygen atoms in total. The van der Waals surface area contributed by atoms with Crippen LogP contribution in [0.5, 0.6) is 0 Å². The Hall–Kier alpha value is -1.54. The van der Waals surface area contributed by atoms with Gasteiger partial charge in [0, 0.05) is 17.4 Å². The topological polar surface area (TPSA) is 17.8 Å². The average molecular weight is 233 g/mol. The molecule has 0 spiro atoms. The van der Waals surface area contributed by atoms with Crippen LogP contribution >= 0.6 is 11.6 Å². The van der Waals surface area contributed by atoms with Crippen molar-refractivity contribution in [1.82, 2.24) is 9.55 Å². The standard InChI is InChI=1S/C13H13ClN2/c1-3-11-4-5-12(13(14)8-11)9-16-7-6-15-10(16)2/h3-8H,1,9H2,2H3. The molecular formula is C13H13ClN2. The van der Waals surface area contributed by atoms with Gasteiger partial charge in [0.2, 0.25) is 0 Å². The largest absolute Gasteiger partial charge is 0.331 e. The highest BCUT2D eigenvalue weighted by molar-refractivity contribution is 6.31. The monoisotopic (exact) mass is 232 g/mol. The average Bonchev–Trinajstić information content (AvgIpc) is 2.67. The highest BCUT2D eigenvalue weighted by Crippen LogP contribution is 2.20. The van der Waals surface area contributed by atoms with Gasteiger partial charge in [-0.1, -0.05) is 36.4 Å². The molecule has 0 aliphatic carbocycles. The molecular weight excluding hydrogens is 220 g/mol. The summed E-state index contributed by atoms with van der Waals surface area (Å²) in [5.74, 6) is 0.990. The van der Waals surface area contributed by atoms with E-state index in [0.717, 1.165) is 28.5 Å². The minimum Gasteiger partial charge on any atom is -0.331 e. The van der Waals surface area contributed by atoms with Crippen LogP contribution in [0.2, 0.25) is 5.02 Å². The number of aromatic nitrogens is 2. The van der Waals surface area contributed by atoms with Crippen LogP contribution in [-0.4, -0.2) is 9.55 Å². The van der Waals surface area contributed by atoms with Crippen molar-refractivity contribution in [2.45, 2.75) is 13.5 Å². The number of hydrogen-bond acceptors (Lipinski definition) is 1. The zero-order valence-electron chi connectivity index (χ0n) is 9.15. The minimum atomic E-state index is 0.752. The summed E-state index contributed by atoms with van der Waals surface area (Å²) >= 11 is 6.20. The zero-order chi connectivity index (χ0) is 11.5. The highest BCUT2D eigenvalue weighted by atomic mass is 35.5. The lowest BCUT2D eigenvalue weighted by molar-refractivity contribution is 0.762. The van der Waals surface area contributed by atoms with Crippen molar-refractivity contribution in [3.05, 3.63) is 59.1 Å². The molecule has 0 saturated heterocycles. The molecule has 0 N–H and O–H groups in total. The minimum absolute atomic E-state index is 0.752. The molecule has 82 valence electrons. The molecule has 16 heavy (non-hydrogen) atoms. The quantitative estimate of drug-likeness (QED) is 0.792. The fourth-order valence-electron chi connectivity index (χ4n) is 1.57. The van der Waals surface area contributed by atoms with Crippen molar-refractivity contribution in [3.63, 3.8) is 0 Å². The van der Waals surface area contributed by atoms with Gasteiger partial charge in [-0.3, -0.25) is 0 Å². The molecule has 2 aromatic rings. The van der Waals surface area contributed by atoms with Crippen molar-refractivity contribution >= 4 is 17.7 Å². The highest BCUT2D eigenvalue weighted by Gasteiger charge is 2.03. The van der Waals surface area contributed by atoms with Crippen molar-refractivity contribution in [3.8, 4) is 0 Å². The molecule has 0 aliphatic rings. The SMILES string of the molecule is C=Cc1ccc(Cn2ccnc2C)c(Cl)c1. The number of nitrogens with zero attached hydrogens (tertiary/aromatic N) is 2. The normalized spacial score (nSPS) is 10.4. The molecule has 0 bridgehead atoms. The van der Waals surface area contributed by atoms with Gasteiger partial charge in [0.25, 0.3) is 0 Å². The van der Waals surface area contributed by atoms with E-state index in [-0.39, 0.29) is 0 Å². The molecule has 1 heterocycles. The number of rotatable bonds is 3. The molecule has 0 saturated carbocycles. The molecule has 0 aliphatic heterocycles. The van der Waals surface area contributed by atoms with E-state index in [0.29, 0.717) is 0 Å². The predicted molar refractivity (Wildman–Crippen MR) is 67.6 cm³/mol. The van der Waals surface area contributed by atoms with E-state index in [4.69, 9.17) is 11.6 Å². The summed E-state index contributed by atoms with van der Waals surface area (Å²) in [6, 6.07) is 5.97. The first-order valence-corrected chi connectivity index (χ1v) is 5.47. The Morgan fingerprint density at radius 1 is 1.50 bits per heavy atom. The first-order valence-electron chi connectivity index (χ1n) is 5.09. The lowest BCUT2D eigenvalue weighted by Gasteiger charge is -2.07. The number of aryl methyl sites for hydroxylation is 1. The Morgan fingerprint density at radius 3 is 2.88 bits per heavy atom. The number of halogens is 1. The summed E-state index contributed by atoms with van der Waals surface area (Å²) in [4.78, 5) is 4.18. The summed E-state index contributed by atoms with van der Waals surface area (Å²) in [6.45, 7) is 6.45. The van der Waals surface area contributed by atoms with E-state index >= 15 is 0 Å². The van der Waals surface area contributed by atoms with E-state index in [9.17, 15) is 0 Å². The Kier molecular flexibility index (Phi) is 3.11. The maximum Gasteiger partial charge on any atom is 0.105 e. The van der Waals surface area contributed by atoms with E-state index < -0.39 is 0 Å².